The molecule has 0 saturated heterocycles. The molecule has 0 atom stereocenters. The summed E-state index contributed by atoms with van der Waals surface area (Å²) < 4.78 is 26.6. The fraction of sp³-hybridized carbons (Fsp3) is 0.250. The van der Waals surface area contributed by atoms with Crippen molar-refractivity contribution in [3.05, 3.63) is 41.4 Å². The van der Waals surface area contributed by atoms with Gasteiger partial charge in [0.15, 0.2) is 5.13 Å². The summed E-state index contributed by atoms with van der Waals surface area (Å²) in [4.78, 5) is 4.13. The number of nitrogens with zero attached hydrogens (tertiary/aromatic N) is 1. The number of hydrogen-bond donors (Lipinski definition) is 2. The molecule has 102 valence electrons. The number of rotatable bonds is 6. The van der Waals surface area contributed by atoms with Crippen LogP contribution in [0.25, 0.3) is 0 Å². The largest absolute Gasteiger partial charge is 0.330 e. The molecule has 7 heteroatoms. The van der Waals surface area contributed by atoms with Crippen LogP contribution in [0, 0.1) is 0 Å². The van der Waals surface area contributed by atoms with Gasteiger partial charge in [0.1, 0.15) is 0 Å². The van der Waals surface area contributed by atoms with E-state index in [4.69, 9.17) is 5.73 Å². The van der Waals surface area contributed by atoms with Crippen molar-refractivity contribution in [1.29, 1.82) is 0 Å². The molecule has 0 bridgehead atoms. The number of nitrogens with one attached hydrogen (secondary N) is 1. The molecule has 2 aromatic rings. The average Bonchev–Trinajstić information content (AvgIpc) is 2.89. The Morgan fingerprint density at radius 3 is 2.58 bits per heavy atom. The Bertz CT molecular complexity index is 607. The van der Waals surface area contributed by atoms with Crippen molar-refractivity contribution in [1.82, 2.24) is 4.98 Å². The van der Waals surface area contributed by atoms with Crippen molar-refractivity contribution in [3.8, 4) is 0 Å². The minimum absolute atomic E-state index is 0.235. The Hall–Kier alpha value is -1.44. The molecule has 5 nitrogen and oxygen atoms in total. The number of hydrogen-bond acceptors (Lipinski definition) is 5. The zero-order chi connectivity index (χ0) is 13.7. The molecule has 3 N–H and O–H groups in total. The molecule has 0 radical (unpaired) electrons. The van der Waals surface area contributed by atoms with Gasteiger partial charge in [0.05, 0.1) is 4.90 Å². The summed E-state index contributed by atoms with van der Waals surface area (Å²) >= 11 is 1.24. The van der Waals surface area contributed by atoms with Crippen LogP contribution in [-0.2, 0) is 16.4 Å². The smallest absolute Gasteiger partial charge is 0.263 e. The van der Waals surface area contributed by atoms with Gasteiger partial charge in [-0.05, 0) is 37.1 Å². The standard InChI is InChI=1S/C12H15N3O2S2/c13-7-1-2-10-3-5-11(6-4-10)19(16,17)15-12-14-8-9-18-12/h3-6,8-9H,1-2,7,13H2,(H,14,15). The fourth-order valence-corrected chi connectivity index (χ4v) is 3.38. The summed E-state index contributed by atoms with van der Waals surface area (Å²) in [6.07, 6.45) is 3.30. The number of benzene rings is 1. The van der Waals surface area contributed by atoms with E-state index in [9.17, 15) is 8.42 Å². The maximum atomic E-state index is 12.1. The minimum Gasteiger partial charge on any atom is -0.330 e. The monoisotopic (exact) mass is 297 g/mol. The molecule has 0 amide bonds. The minimum atomic E-state index is -3.55. The highest BCUT2D eigenvalue weighted by atomic mass is 32.2. The Morgan fingerprint density at radius 2 is 2.00 bits per heavy atom. The van der Waals surface area contributed by atoms with Crippen LogP contribution >= 0.6 is 11.3 Å². The highest BCUT2D eigenvalue weighted by Crippen LogP contribution is 2.18. The third-order valence-electron chi connectivity index (χ3n) is 2.56. The molecule has 0 saturated carbocycles. The summed E-state index contributed by atoms with van der Waals surface area (Å²) in [5.74, 6) is 0. The zero-order valence-corrected chi connectivity index (χ0v) is 11.9. The Labute approximate surface area is 116 Å². The topological polar surface area (TPSA) is 85.1 Å². The van der Waals surface area contributed by atoms with E-state index >= 15 is 0 Å². The maximum absolute atomic E-state index is 12.1. The van der Waals surface area contributed by atoms with Gasteiger partial charge in [-0.1, -0.05) is 12.1 Å². The van der Waals surface area contributed by atoms with Gasteiger partial charge in [-0.3, -0.25) is 4.72 Å². The molecule has 2 rings (SSSR count). The van der Waals surface area contributed by atoms with Gasteiger partial charge in [0.2, 0.25) is 0 Å². The van der Waals surface area contributed by atoms with Crippen LogP contribution < -0.4 is 10.5 Å². The number of aromatic nitrogens is 1. The highest BCUT2D eigenvalue weighted by molar-refractivity contribution is 7.93. The van der Waals surface area contributed by atoms with E-state index in [1.807, 2.05) is 12.1 Å². The third kappa shape index (κ3) is 3.76. The zero-order valence-electron chi connectivity index (χ0n) is 10.2. The molecule has 1 aromatic heterocycles. The Balaban J connectivity index is 2.12. The van der Waals surface area contributed by atoms with E-state index in [1.54, 1.807) is 23.7 Å². The SMILES string of the molecule is NCCCc1ccc(S(=O)(=O)Nc2nccs2)cc1. The molecule has 1 aromatic carbocycles. The molecule has 0 fully saturated rings. The van der Waals surface area contributed by atoms with Crippen LogP contribution in [0.3, 0.4) is 0 Å². The lowest BCUT2D eigenvalue weighted by Crippen LogP contribution is -2.12. The van der Waals surface area contributed by atoms with Crippen molar-refractivity contribution < 1.29 is 8.42 Å². The molecule has 0 spiro atoms. The normalized spacial score (nSPS) is 11.4. The summed E-state index contributed by atoms with van der Waals surface area (Å²) in [5.41, 5.74) is 6.52. The summed E-state index contributed by atoms with van der Waals surface area (Å²) in [5, 5.41) is 2.08. The number of anilines is 1. The van der Waals surface area contributed by atoms with E-state index < -0.39 is 10.0 Å². The molecular formula is C12H15N3O2S2. The molecule has 0 aliphatic heterocycles. The Morgan fingerprint density at radius 1 is 1.26 bits per heavy atom. The highest BCUT2D eigenvalue weighted by Gasteiger charge is 2.14. The molecule has 0 aliphatic rings. The lowest BCUT2D eigenvalue weighted by Gasteiger charge is -2.06. The molecule has 0 aliphatic carbocycles. The van der Waals surface area contributed by atoms with Gasteiger partial charge in [-0.2, -0.15) is 0 Å². The molecule has 1 heterocycles. The number of nitrogens with two attached hydrogens (primary N) is 1. The second-order valence-corrected chi connectivity index (χ2v) is 6.56. The van der Waals surface area contributed by atoms with Gasteiger partial charge in [0, 0.05) is 11.6 Å². The first-order valence-corrected chi connectivity index (χ1v) is 8.19. The lowest BCUT2D eigenvalue weighted by atomic mass is 10.1. The first kappa shape index (κ1) is 14.0. The van der Waals surface area contributed by atoms with Crippen molar-refractivity contribution >= 4 is 26.5 Å². The molecule has 0 unspecified atom stereocenters. The van der Waals surface area contributed by atoms with Crippen LogP contribution in [0.2, 0.25) is 0 Å². The quantitative estimate of drug-likeness (QED) is 0.852. The number of thiazole rings is 1. The van der Waals surface area contributed by atoms with Crippen molar-refractivity contribution in [2.24, 2.45) is 5.73 Å². The van der Waals surface area contributed by atoms with Crippen LogP contribution in [-0.4, -0.2) is 19.9 Å². The van der Waals surface area contributed by atoms with Gasteiger partial charge in [-0.15, -0.1) is 11.3 Å². The lowest BCUT2D eigenvalue weighted by molar-refractivity contribution is 0.601. The summed E-state index contributed by atoms with van der Waals surface area (Å²) in [6.45, 7) is 0.631. The van der Waals surface area contributed by atoms with Crippen LogP contribution in [0.1, 0.15) is 12.0 Å². The number of sulfonamides is 1. The van der Waals surface area contributed by atoms with E-state index in [0.717, 1.165) is 18.4 Å². The predicted molar refractivity (Wildman–Crippen MR) is 76.7 cm³/mol. The van der Waals surface area contributed by atoms with E-state index in [-0.39, 0.29) is 4.90 Å². The molecular weight excluding hydrogens is 282 g/mol. The third-order valence-corrected chi connectivity index (χ3v) is 4.73. The second kappa shape index (κ2) is 6.14. The van der Waals surface area contributed by atoms with Crippen molar-refractivity contribution in [3.63, 3.8) is 0 Å². The first-order valence-electron chi connectivity index (χ1n) is 5.83. The Kier molecular flexibility index (Phi) is 4.52. The second-order valence-electron chi connectivity index (χ2n) is 3.98. The summed E-state index contributed by atoms with van der Waals surface area (Å²) in [7, 11) is -3.55. The van der Waals surface area contributed by atoms with Gasteiger partial charge in [-0.25, -0.2) is 13.4 Å². The van der Waals surface area contributed by atoms with E-state index in [2.05, 4.69) is 9.71 Å². The molecule has 19 heavy (non-hydrogen) atoms. The maximum Gasteiger partial charge on any atom is 0.263 e. The van der Waals surface area contributed by atoms with Gasteiger partial charge < -0.3 is 5.73 Å². The van der Waals surface area contributed by atoms with Crippen molar-refractivity contribution in [2.75, 3.05) is 11.3 Å². The fourth-order valence-electron chi connectivity index (χ4n) is 1.59. The van der Waals surface area contributed by atoms with Crippen molar-refractivity contribution in [2.45, 2.75) is 17.7 Å². The van der Waals surface area contributed by atoms with Gasteiger partial charge >= 0.3 is 0 Å². The summed E-state index contributed by atoms with van der Waals surface area (Å²) in [6, 6.07) is 6.82. The first-order chi connectivity index (χ1) is 9.12. The van der Waals surface area contributed by atoms with Crippen LogP contribution in [0.15, 0.2) is 40.7 Å². The van der Waals surface area contributed by atoms with Crippen LogP contribution in [0.5, 0.6) is 0 Å². The van der Waals surface area contributed by atoms with E-state index in [1.165, 1.54) is 11.3 Å². The van der Waals surface area contributed by atoms with E-state index in [0.29, 0.717) is 11.7 Å². The van der Waals surface area contributed by atoms with Gasteiger partial charge in [0.25, 0.3) is 10.0 Å². The predicted octanol–water partition coefficient (Wildman–Crippen LogP) is 1.84. The average molecular weight is 297 g/mol. The van der Waals surface area contributed by atoms with Crippen LogP contribution in [0.4, 0.5) is 5.13 Å². The number of aryl methyl sites for hydroxylation is 1.